The van der Waals surface area contributed by atoms with Gasteiger partial charge in [-0.3, -0.25) is 4.79 Å². The van der Waals surface area contributed by atoms with Crippen LogP contribution in [0.1, 0.15) is 36.1 Å². The number of pyridine rings is 1. The summed E-state index contributed by atoms with van der Waals surface area (Å²) in [6.45, 7) is 4.50. The van der Waals surface area contributed by atoms with Gasteiger partial charge >= 0.3 is 0 Å². The van der Waals surface area contributed by atoms with Gasteiger partial charge in [-0.2, -0.15) is 5.26 Å². The first-order chi connectivity index (χ1) is 9.04. The normalized spacial score (nSPS) is 19.0. The molecule has 2 heterocycles. The maximum atomic E-state index is 11.6. The van der Waals surface area contributed by atoms with Gasteiger partial charge in [0.1, 0.15) is 17.9 Å². The lowest BCUT2D eigenvalue weighted by Gasteiger charge is -2.35. The molecule has 0 spiro atoms. The van der Waals surface area contributed by atoms with Crippen molar-refractivity contribution in [1.82, 2.24) is 4.98 Å². The highest BCUT2D eigenvalue weighted by molar-refractivity contribution is 5.84. The van der Waals surface area contributed by atoms with Crippen molar-refractivity contribution in [2.75, 3.05) is 11.4 Å². The number of carbonyl (C=O) groups excluding carboxylic acids is 1. The molecule has 0 aliphatic carbocycles. The number of nitrogens with two attached hydrogens (primary N) is 1. The molecule has 1 amide bonds. The van der Waals surface area contributed by atoms with Crippen molar-refractivity contribution >= 4 is 11.7 Å². The summed E-state index contributed by atoms with van der Waals surface area (Å²) < 4.78 is 0. The smallest absolute Gasteiger partial charge is 0.240 e. The number of hydrogen-bond acceptors (Lipinski definition) is 4. The van der Waals surface area contributed by atoms with E-state index in [0.29, 0.717) is 11.4 Å². The number of rotatable bonds is 2. The Balaban J connectivity index is 2.50. The molecule has 1 aromatic rings. The zero-order chi connectivity index (χ0) is 14.0. The van der Waals surface area contributed by atoms with Crippen molar-refractivity contribution < 1.29 is 4.79 Å². The first-order valence-corrected chi connectivity index (χ1v) is 6.49. The van der Waals surface area contributed by atoms with Crippen molar-refractivity contribution in [3.63, 3.8) is 0 Å². The fourth-order valence-electron chi connectivity index (χ4n) is 2.64. The molecule has 1 fully saturated rings. The molecule has 5 heteroatoms. The zero-order valence-electron chi connectivity index (χ0n) is 11.3. The number of primary amides is 1. The standard InChI is InChI=1S/C14H18N4O/c1-9-7-10(2)17-14(11(9)8-15)18-6-4-3-5-12(18)13(16)19/h7,12H,3-6H2,1-2H3,(H2,16,19). The maximum Gasteiger partial charge on any atom is 0.240 e. The predicted molar refractivity (Wildman–Crippen MR) is 72.6 cm³/mol. The lowest BCUT2D eigenvalue weighted by atomic mass is 10.00. The van der Waals surface area contributed by atoms with Gasteiger partial charge in [-0.05, 0) is 44.7 Å². The summed E-state index contributed by atoms with van der Waals surface area (Å²) in [5.41, 5.74) is 7.75. The van der Waals surface area contributed by atoms with E-state index in [9.17, 15) is 10.1 Å². The molecule has 0 bridgehead atoms. The number of aryl methyl sites for hydroxylation is 2. The van der Waals surface area contributed by atoms with Gasteiger partial charge in [0, 0.05) is 12.2 Å². The van der Waals surface area contributed by atoms with Crippen LogP contribution in [0.2, 0.25) is 0 Å². The maximum absolute atomic E-state index is 11.6. The van der Waals surface area contributed by atoms with Gasteiger partial charge in [0.05, 0.1) is 5.56 Å². The van der Waals surface area contributed by atoms with E-state index in [4.69, 9.17) is 5.73 Å². The molecule has 19 heavy (non-hydrogen) atoms. The lowest BCUT2D eigenvalue weighted by molar-refractivity contribution is -0.119. The van der Waals surface area contributed by atoms with E-state index in [0.717, 1.165) is 37.1 Å². The second-order valence-corrected chi connectivity index (χ2v) is 5.00. The van der Waals surface area contributed by atoms with Crippen LogP contribution in [-0.2, 0) is 4.79 Å². The van der Waals surface area contributed by atoms with Crippen LogP contribution in [0.25, 0.3) is 0 Å². The van der Waals surface area contributed by atoms with Crippen LogP contribution in [0.4, 0.5) is 5.82 Å². The zero-order valence-corrected chi connectivity index (χ0v) is 11.3. The molecule has 5 nitrogen and oxygen atoms in total. The fraction of sp³-hybridized carbons (Fsp3) is 0.500. The minimum absolute atomic E-state index is 0.343. The van der Waals surface area contributed by atoms with E-state index in [1.807, 2.05) is 24.8 Å². The van der Waals surface area contributed by atoms with E-state index in [1.165, 1.54) is 0 Å². The Hall–Kier alpha value is -2.09. The molecular weight excluding hydrogens is 240 g/mol. The topological polar surface area (TPSA) is 83.0 Å². The summed E-state index contributed by atoms with van der Waals surface area (Å²) in [5, 5.41) is 9.31. The summed E-state index contributed by atoms with van der Waals surface area (Å²) in [6.07, 6.45) is 2.70. The van der Waals surface area contributed by atoms with Crippen LogP contribution in [0.5, 0.6) is 0 Å². The minimum atomic E-state index is -0.352. The molecule has 1 aliphatic rings. The average molecular weight is 258 g/mol. The Bertz CT molecular complexity index is 547. The number of piperidine rings is 1. The molecule has 0 aromatic carbocycles. The SMILES string of the molecule is Cc1cc(C)c(C#N)c(N2CCCCC2C(N)=O)n1. The van der Waals surface area contributed by atoms with E-state index in [2.05, 4.69) is 11.1 Å². The van der Waals surface area contributed by atoms with Crippen molar-refractivity contribution in [3.8, 4) is 6.07 Å². The van der Waals surface area contributed by atoms with Crippen LogP contribution in [-0.4, -0.2) is 23.5 Å². The number of amides is 1. The molecule has 1 unspecified atom stereocenters. The van der Waals surface area contributed by atoms with E-state index in [1.54, 1.807) is 0 Å². The quantitative estimate of drug-likeness (QED) is 0.869. The van der Waals surface area contributed by atoms with Gasteiger partial charge < -0.3 is 10.6 Å². The molecule has 1 saturated heterocycles. The first-order valence-electron chi connectivity index (χ1n) is 6.49. The predicted octanol–water partition coefficient (Wildman–Crippen LogP) is 1.41. The van der Waals surface area contributed by atoms with Crippen molar-refractivity contribution in [2.24, 2.45) is 5.73 Å². The Morgan fingerprint density at radius 2 is 2.26 bits per heavy atom. The molecule has 1 aliphatic heterocycles. The first kappa shape index (κ1) is 13.3. The molecule has 2 N–H and O–H groups in total. The van der Waals surface area contributed by atoms with E-state index in [-0.39, 0.29) is 11.9 Å². The molecule has 0 saturated carbocycles. The van der Waals surface area contributed by atoms with Gasteiger partial charge in [-0.1, -0.05) is 0 Å². The fourth-order valence-corrected chi connectivity index (χ4v) is 2.64. The highest BCUT2D eigenvalue weighted by atomic mass is 16.1. The van der Waals surface area contributed by atoms with Gasteiger partial charge in [-0.25, -0.2) is 4.98 Å². The van der Waals surface area contributed by atoms with Crippen LogP contribution in [0.15, 0.2) is 6.07 Å². The van der Waals surface area contributed by atoms with Crippen molar-refractivity contribution in [2.45, 2.75) is 39.2 Å². The molecule has 100 valence electrons. The van der Waals surface area contributed by atoms with Gasteiger partial charge in [0.15, 0.2) is 0 Å². The molecule has 2 rings (SSSR count). The van der Waals surface area contributed by atoms with Crippen molar-refractivity contribution in [3.05, 3.63) is 22.9 Å². The number of nitriles is 1. The molecule has 1 aromatic heterocycles. The summed E-state index contributed by atoms with van der Waals surface area (Å²) in [7, 11) is 0. The van der Waals surface area contributed by atoms with Crippen LogP contribution < -0.4 is 10.6 Å². The minimum Gasteiger partial charge on any atom is -0.368 e. The average Bonchev–Trinajstić information content (AvgIpc) is 2.37. The van der Waals surface area contributed by atoms with Crippen LogP contribution in [0, 0.1) is 25.2 Å². The number of aromatic nitrogens is 1. The summed E-state index contributed by atoms with van der Waals surface area (Å²) in [4.78, 5) is 17.9. The molecule has 1 atom stereocenters. The number of carbonyl (C=O) groups is 1. The molecular formula is C14H18N4O. The Labute approximate surface area is 113 Å². The van der Waals surface area contributed by atoms with Gasteiger partial charge in [0.2, 0.25) is 5.91 Å². The summed E-state index contributed by atoms with van der Waals surface area (Å²) in [6, 6.07) is 3.72. The van der Waals surface area contributed by atoms with E-state index >= 15 is 0 Å². The Kier molecular flexibility index (Phi) is 3.70. The summed E-state index contributed by atoms with van der Waals surface area (Å²) >= 11 is 0. The highest BCUT2D eigenvalue weighted by Gasteiger charge is 2.30. The third-order valence-electron chi connectivity index (χ3n) is 3.54. The van der Waals surface area contributed by atoms with Gasteiger partial charge in [-0.15, -0.1) is 0 Å². The molecule has 0 radical (unpaired) electrons. The second kappa shape index (κ2) is 5.27. The van der Waals surface area contributed by atoms with Gasteiger partial charge in [0.25, 0.3) is 0 Å². The second-order valence-electron chi connectivity index (χ2n) is 5.00. The highest BCUT2D eigenvalue weighted by Crippen LogP contribution is 2.28. The van der Waals surface area contributed by atoms with Crippen molar-refractivity contribution in [1.29, 1.82) is 5.26 Å². The van der Waals surface area contributed by atoms with Crippen LogP contribution in [0.3, 0.4) is 0 Å². The third-order valence-corrected chi connectivity index (χ3v) is 3.54. The Morgan fingerprint density at radius 1 is 1.53 bits per heavy atom. The number of nitrogens with zero attached hydrogens (tertiary/aromatic N) is 3. The lowest BCUT2D eigenvalue weighted by Crippen LogP contribution is -2.48. The monoisotopic (exact) mass is 258 g/mol. The number of hydrogen-bond donors (Lipinski definition) is 1. The van der Waals surface area contributed by atoms with Crippen LogP contribution >= 0.6 is 0 Å². The number of anilines is 1. The summed E-state index contributed by atoms with van der Waals surface area (Å²) in [5.74, 6) is 0.257. The van der Waals surface area contributed by atoms with E-state index < -0.39 is 0 Å². The third kappa shape index (κ3) is 2.53. The Morgan fingerprint density at radius 3 is 2.89 bits per heavy atom. The largest absolute Gasteiger partial charge is 0.368 e.